The van der Waals surface area contributed by atoms with E-state index in [0.717, 1.165) is 0 Å². The Labute approximate surface area is 89.7 Å². The first-order valence-electron chi connectivity index (χ1n) is 3.84. The molecule has 0 bridgehead atoms. The minimum absolute atomic E-state index is 1.32. The van der Waals surface area contributed by atoms with E-state index in [4.69, 9.17) is 0 Å². The number of thiophene rings is 1. The summed E-state index contributed by atoms with van der Waals surface area (Å²) in [6, 6.07) is 6.64. The van der Waals surface area contributed by atoms with Crippen LogP contribution in [0.15, 0.2) is 18.2 Å². The Hall–Kier alpha value is -0.0900. The molecule has 1 aromatic heterocycles. The summed E-state index contributed by atoms with van der Waals surface area (Å²) in [5.41, 5.74) is 1.44. The van der Waals surface area contributed by atoms with Crippen molar-refractivity contribution in [1.29, 1.82) is 0 Å². The lowest BCUT2D eigenvalue weighted by molar-refractivity contribution is 1.47. The second-order valence-electron chi connectivity index (χ2n) is 2.92. The molecular formula is C10H9IS. The van der Waals surface area contributed by atoms with Crippen LogP contribution in [-0.4, -0.2) is 0 Å². The van der Waals surface area contributed by atoms with Crippen LogP contribution in [0, 0.1) is 17.4 Å². The van der Waals surface area contributed by atoms with Crippen molar-refractivity contribution < 1.29 is 0 Å². The molecule has 0 amide bonds. The van der Waals surface area contributed by atoms with Crippen LogP contribution in [0.2, 0.25) is 0 Å². The number of hydrogen-bond donors (Lipinski definition) is 0. The van der Waals surface area contributed by atoms with E-state index in [9.17, 15) is 0 Å². The minimum Gasteiger partial charge on any atom is -0.140 e. The Kier molecular flexibility index (Phi) is 2.12. The third kappa shape index (κ3) is 1.27. The Morgan fingerprint density at radius 3 is 2.75 bits per heavy atom. The van der Waals surface area contributed by atoms with Gasteiger partial charge in [-0.15, -0.1) is 11.3 Å². The van der Waals surface area contributed by atoms with Gasteiger partial charge in [0.05, 0.1) is 0 Å². The van der Waals surface area contributed by atoms with E-state index in [-0.39, 0.29) is 0 Å². The Balaban J connectivity index is 2.87. The van der Waals surface area contributed by atoms with Crippen LogP contribution >= 0.6 is 33.9 Å². The molecule has 2 heteroatoms. The molecular weight excluding hydrogens is 279 g/mol. The van der Waals surface area contributed by atoms with Crippen LogP contribution in [0.25, 0.3) is 10.1 Å². The maximum atomic E-state index is 2.36. The Morgan fingerprint density at radius 2 is 2.00 bits per heavy atom. The Bertz CT molecular complexity index is 429. The monoisotopic (exact) mass is 288 g/mol. The molecule has 1 aromatic carbocycles. The lowest BCUT2D eigenvalue weighted by Crippen LogP contribution is -1.71. The van der Waals surface area contributed by atoms with Crippen molar-refractivity contribution in [2.24, 2.45) is 0 Å². The summed E-state index contributed by atoms with van der Waals surface area (Å²) in [6.45, 7) is 4.38. The number of rotatable bonds is 0. The van der Waals surface area contributed by atoms with E-state index in [0.29, 0.717) is 0 Å². The molecule has 0 nitrogen and oxygen atoms in total. The van der Waals surface area contributed by atoms with Crippen LogP contribution in [0.5, 0.6) is 0 Å². The van der Waals surface area contributed by atoms with Gasteiger partial charge < -0.3 is 0 Å². The minimum atomic E-state index is 1.32. The molecule has 0 N–H and O–H groups in total. The van der Waals surface area contributed by atoms with E-state index < -0.39 is 0 Å². The van der Waals surface area contributed by atoms with E-state index in [1.54, 1.807) is 0 Å². The summed E-state index contributed by atoms with van der Waals surface area (Å²) >= 11 is 4.24. The molecule has 0 saturated heterocycles. The molecule has 0 saturated carbocycles. The van der Waals surface area contributed by atoms with Crippen molar-refractivity contribution in [3.8, 4) is 0 Å². The molecule has 0 aliphatic rings. The van der Waals surface area contributed by atoms with Crippen LogP contribution < -0.4 is 0 Å². The predicted octanol–water partition coefficient (Wildman–Crippen LogP) is 4.12. The van der Waals surface area contributed by atoms with Gasteiger partial charge in [-0.05, 0) is 59.5 Å². The van der Waals surface area contributed by atoms with Gasteiger partial charge in [0, 0.05) is 13.1 Å². The van der Waals surface area contributed by atoms with Crippen molar-refractivity contribution in [2.45, 2.75) is 13.8 Å². The summed E-state index contributed by atoms with van der Waals surface area (Å²) in [5.74, 6) is 0. The normalized spacial score (nSPS) is 10.9. The van der Waals surface area contributed by atoms with Gasteiger partial charge in [-0.25, -0.2) is 0 Å². The molecule has 0 aliphatic carbocycles. The molecule has 0 spiro atoms. The van der Waals surface area contributed by atoms with Gasteiger partial charge in [0.2, 0.25) is 0 Å². The van der Waals surface area contributed by atoms with Crippen molar-refractivity contribution in [2.75, 3.05) is 0 Å². The van der Waals surface area contributed by atoms with E-state index in [2.05, 4.69) is 54.6 Å². The van der Waals surface area contributed by atoms with Crippen molar-refractivity contribution in [3.05, 3.63) is 32.2 Å². The topological polar surface area (TPSA) is 0 Å². The first kappa shape index (κ1) is 8.51. The van der Waals surface area contributed by atoms with Gasteiger partial charge in [0.1, 0.15) is 0 Å². The molecule has 62 valence electrons. The van der Waals surface area contributed by atoms with E-state index in [1.807, 2.05) is 11.3 Å². The number of halogens is 1. The van der Waals surface area contributed by atoms with Crippen molar-refractivity contribution in [3.63, 3.8) is 0 Å². The fourth-order valence-corrected chi connectivity index (χ4v) is 3.13. The molecule has 0 unspecified atom stereocenters. The zero-order valence-corrected chi connectivity index (χ0v) is 9.99. The molecule has 0 aliphatic heterocycles. The molecule has 1 heterocycles. The first-order chi connectivity index (χ1) is 5.68. The molecule has 2 aromatic rings. The van der Waals surface area contributed by atoms with Gasteiger partial charge in [-0.2, -0.15) is 0 Å². The van der Waals surface area contributed by atoms with Crippen molar-refractivity contribution in [1.82, 2.24) is 0 Å². The van der Waals surface area contributed by atoms with Crippen LogP contribution in [0.1, 0.15) is 10.4 Å². The number of fused-ring (bicyclic) bond motifs is 1. The summed E-state index contributed by atoms with van der Waals surface area (Å²) in [6.07, 6.45) is 0. The van der Waals surface area contributed by atoms with Crippen LogP contribution in [0.4, 0.5) is 0 Å². The van der Waals surface area contributed by atoms with Gasteiger partial charge in [0.15, 0.2) is 0 Å². The number of hydrogen-bond acceptors (Lipinski definition) is 1. The lowest BCUT2D eigenvalue weighted by Gasteiger charge is -1.91. The second kappa shape index (κ2) is 3.00. The summed E-state index contributed by atoms with van der Waals surface area (Å²) in [4.78, 5) is 1.44. The maximum Gasteiger partial charge on any atom is 0.0358 e. The van der Waals surface area contributed by atoms with Gasteiger partial charge >= 0.3 is 0 Å². The van der Waals surface area contributed by atoms with Crippen molar-refractivity contribution >= 4 is 44.0 Å². The number of benzene rings is 1. The third-order valence-electron chi connectivity index (χ3n) is 2.14. The predicted molar refractivity (Wildman–Crippen MR) is 64.0 cm³/mol. The zero-order valence-electron chi connectivity index (χ0n) is 7.02. The highest BCUT2D eigenvalue weighted by Gasteiger charge is 2.03. The highest BCUT2D eigenvalue weighted by atomic mass is 127. The lowest BCUT2D eigenvalue weighted by atomic mass is 10.2. The average Bonchev–Trinajstić information content (AvgIpc) is 2.28. The maximum absolute atomic E-state index is 2.36. The fraction of sp³-hybridized carbons (Fsp3) is 0.200. The highest BCUT2D eigenvalue weighted by molar-refractivity contribution is 14.1. The standard InChI is InChI=1S/C10H9IS/c1-6-7(2)12-10-5-8(11)3-4-9(6)10/h3-5H,1-2H3. The summed E-state index contributed by atoms with van der Waals surface area (Å²) in [7, 11) is 0. The molecule has 2 rings (SSSR count). The van der Waals surface area contributed by atoms with Gasteiger partial charge in [-0.1, -0.05) is 6.07 Å². The van der Waals surface area contributed by atoms with Gasteiger partial charge in [-0.3, -0.25) is 0 Å². The largest absolute Gasteiger partial charge is 0.140 e. The Morgan fingerprint density at radius 1 is 1.25 bits per heavy atom. The van der Waals surface area contributed by atoms with Crippen LogP contribution in [-0.2, 0) is 0 Å². The molecule has 0 atom stereocenters. The smallest absolute Gasteiger partial charge is 0.0358 e. The second-order valence-corrected chi connectivity index (χ2v) is 5.43. The SMILES string of the molecule is Cc1sc2cc(I)ccc2c1C. The molecule has 0 radical (unpaired) electrons. The average molecular weight is 288 g/mol. The first-order valence-corrected chi connectivity index (χ1v) is 5.73. The summed E-state index contributed by atoms with van der Waals surface area (Å²) in [5, 5.41) is 1.41. The zero-order chi connectivity index (χ0) is 8.72. The van der Waals surface area contributed by atoms with Crippen LogP contribution in [0.3, 0.4) is 0 Å². The van der Waals surface area contributed by atoms with E-state index in [1.165, 1.54) is 24.1 Å². The summed E-state index contributed by atoms with van der Waals surface area (Å²) < 4.78 is 2.73. The molecule has 0 fully saturated rings. The quantitative estimate of drug-likeness (QED) is 0.640. The van der Waals surface area contributed by atoms with Gasteiger partial charge in [0.25, 0.3) is 0 Å². The third-order valence-corrected chi connectivity index (χ3v) is 3.98. The van der Waals surface area contributed by atoms with E-state index >= 15 is 0 Å². The fourth-order valence-electron chi connectivity index (χ4n) is 1.32. The highest BCUT2D eigenvalue weighted by Crippen LogP contribution is 2.30. The molecule has 12 heavy (non-hydrogen) atoms. The number of aryl methyl sites for hydroxylation is 2.